The Balaban J connectivity index is 0.000000203. The Kier molecular flexibility index (Phi) is 28.4. The van der Waals surface area contributed by atoms with E-state index in [9.17, 15) is 39.9 Å². The number of benzene rings is 7. The average Bonchev–Trinajstić information content (AvgIpc) is 0.841. The molecular weight excluding hydrogens is 1430 g/mol. The zero-order chi connectivity index (χ0) is 69.6. The van der Waals surface area contributed by atoms with Crippen molar-refractivity contribution in [3.63, 3.8) is 0 Å². The number of aryl methyl sites for hydroxylation is 3. The van der Waals surface area contributed by atoms with E-state index in [4.69, 9.17) is 124 Å². The fraction of sp³-hybridized carbons (Fsp3) is 0.103. The second-order valence-corrected chi connectivity index (χ2v) is 36.6. The van der Waals surface area contributed by atoms with E-state index in [1.54, 1.807) is 12.1 Å². The van der Waals surface area contributed by atoms with Gasteiger partial charge in [0.05, 0.1) is 54.6 Å². The number of halogens is 9. The Morgan fingerprint density at radius 3 is 1.22 bits per heavy atom. The normalized spacial score (nSPS) is 10.8. The van der Waals surface area contributed by atoms with Gasteiger partial charge in [-0.3, -0.25) is 50.1 Å². The number of nitrogens with zero attached hydrogens (tertiary/aromatic N) is 11. The molecule has 26 nitrogen and oxygen atoms in total. The van der Waals surface area contributed by atoms with Crippen LogP contribution in [0.5, 0.6) is 5.88 Å². The van der Waals surface area contributed by atoms with Crippen molar-refractivity contribution in [2.24, 2.45) is 5.73 Å². The summed E-state index contributed by atoms with van der Waals surface area (Å²) in [5.41, 5.74) is 20.6. The number of non-ortho nitro benzene ring substituents is 3. The molecule has 0 fully saturated rings. The third kappa shape index (κ3) is 23.1. The predicted molar refractivity (Wildman–Crippen MR) is 376 cm³/mol. The number of hydrogen-bond donors (Lipinski definition) is 6. The van der Waals surface area contributed by atoms with Gasteiger partial charge in [-0.15, -0.1) is 25.5 Å². The molecule has 0 aliphatic heterocycles. The molecule has 94 heavy (non-hydrogen) atoms. The zero-order valence-electron chi connectivity index (χ0n) is 49.0. The number of aromatic amines is 2. The predicted octanol–water partition coefficient (Wildman–Crippen LogP) is 15.8. The largest absolute Gasteiger partial charge is 0.471 e. The molecule has 12 aromatic rings. The molecule has 0 unspecified atom stereocenters. The number of aliphatic hydroxyl groups is 1. The quantitative estimate of drug-likeness (QED) is 0.0373. The van der Waals surface area contributed by atoms with Gasteiger partial charge in [-0.05, 0) is 87.5 Å². The number of anilines is 2. The van der Waals surface area contributed by atoms with Crippen LogP contribution < -0.4 is 33.1 Å². The summed E-state index contributed by atoms with van der Waals surface area (Å²) in [7, 11) is 1.50. The zero-order valence-corrected chi connectivity index (χ0v) is 56.7. The molecule has 0 spiro atoms. The molecule has 0 saturated heterocycles. The van der Waals surface area contributed by atoms with E-state index in [-0.39, 0.29) is 62.4 Å². The summed E-state index contributed by atoms with van der Waals surface area (Å²) in [4.78, 5) is 52.8. The van der Waals surface area contributed by atoms with E-state index in [1.807, 2.05) is 112 Å². The van der Waals surface area contributed by atoms with Crippen LogP contribution in [0.1, 0.15) is 28.2 Å². The molecule has 5 heterocycles. The number of H-pyrrole nitrogens is 2. The number of rotatable bonds is 7. The molecule has 9 N–H and O–H groups in total. The van der Waals surface area contributed by atoms with E-state index in [1.165, 1.54) is 49.5 Å². The third-order valence-corrected chi connectivity index (χ3v) is 13.2. The van der Waals surface area contributed by atoms with Crippen LogP contribution in [0.15, 0.2) is 161 Å². The first-order chi connectivity index (χ1) is 44.4. The van der Waals surface area contributed by atoms with Crippen LogP contribution in [-0.2, 0) is 13.2 Å². The van der Waals surface area contributed by atoms with Crippen LogP contribution >= 0.6 is 106 Å². The number of nitrogen functional groups attached to an aromatic ring is 2. The summed E-state index contributed by atoms with van der Waals surface area (Å²) < 4.78 is 1.95. The van der Waals surface area contributed by atoms with Gasteiger partial charge in [0.2, 0.25) is 5.88 Å². The van der Waals surface area contributed by atoms with Gasteiger partial charge in [0.1, 0.15) is 6.61 Å². The number of nitro benzene ring substituents is 3. The van der Waals surface area contributed by atoms with Crippen LogP contribution in [0.3, 0.4) is 0 Å². The molecule has 7 aromatic carbocycles. The Bertz CT molecular complexity index is 4690. The van der Waals surface area contributed by atoms with E-state index in [2.05, 4.69) is 56.7 Å². The van der Waals surface area contributed by atoms with Gasteiger partial charge >= 0.3 is 59.6 Å². The maximum atomic E-state index is 11.3. The molecule has 0 aliphatic rings. The molecule has 5 aromatic heterocycles. The smallest absolute Gasteiger partial charge is 0.270 e. The summed E-state index contributed by atoms with van der Waals surface area (Å²) in [5, 5.41) is 82.4. The fourth-order valence-electron chi connectivity index (χ4n) is 7.79. The standard InChI is InChI=1S/C15H10ClN3O3.C10H11N3.C9H8ClN3.C8H3Cl2N3O2.C8H5N3O4.C7H8O.CH5N.Cl5P/c16-14-12-7-6-11(19(20)21)8-13(12)15(18-17-14)22-9-10-4-2-1-3-5-10;1-6-9-4-3-8(11)5-10(9)7(2)13-12-6;1-5-8-4-6(11)2-3-7(8)9(10)13-12-5;9-7-5-2-1-4(13(14)15)3-6(5)8(10)12-11-7;12-7-5-2-1-4(11(14)15)3-6(5)8(13)10-9-7;8-6-7-4-2-1-3-5-7;1-2;1-6(2,3,4)5/h1-8H,9H2;3-5H,11H2,1-2H3;2-4H,11H2,1H3;1-3H;1-3H,(H,9,12)(H,10,13);1-5,8H,6H2;2H2,1H3;. The SMILES string of the molecule is CN.Cc1nnc(C)c2cc(N)ccc12.Cc1nnc(Cl)c2ccc(N)cc12.ClP(Cl)(Cl)(Cl)Cl.O=[N+]([O-])c1ccc2c(Cl)nnc(Cl)c2c1.O=[N+]([O-])c1ccc2c(Cl)nnc(OCc3ccccc3)c2c1.O=c1[nH][nH]c(=O)c2cc([N+](=O)[O-])ccc12.OCc1ccccc1. The molecule has 12 rings (SSSR count). The van der Waals surface area contributed by atoms with Crippen molar-refractivity contribution in [2.45, 2.75) is 34.0 Å². The van der Waals surface area contributed by atoms with E-state index < -0.39 is 29.3 Å². The second-order valence-electron chi connectivity index (χ2n) is 18.6. The molecule has 0 radical (unpaired) electrons. The summed E-state index contributed by atoms with van der Waals surface area (Å²) in [6, 6.07) is 42.3. The van der Waals surface area contributed by atoms with Gasteiger partial charge in [-0.2, -0.15) is 15.3 Å². The van der Waals surface area contributed by atoms with Crippen molar-refractivity contribution in [2.75, 3.05) is 18.5 Å². The first kappa shape index (κ1) is 76.1. The van der Waals surface area contributed by atoms with Gasteiger partial charge in [0.25, 0.3) is 28.2 Å². The first-order valence-corrected chi connectivity index (χ1v) is 34.6. The van der Waals surface area contributed by atoms with Crippen molar-refractivity contribution < 1.29 is 24.6 Å². The summed E-state index contributed by atoms with van der Waals surface area (Å²) >= 11 is 48.2. The van der Waals surface area contributed by atoms with Gasteiger partial charge < -0.3 is 27.0 Å². The number of nitrogens with two attached hydrogens (primary N) is 3. The Morgan fingerprint density at radius 2 is 0.766 bits per heavy atom. The van der Waals surface area contributed by atoms with Crippen LogP contribution in [0.2, 0.25) is 20.6 Å². The van der Waals surface area contributed by atoms with Gasteiger partial charge in [-0.25, -0.2) is 0 Å². The minimum absolute atomic E-state index is 0.00736. The molecule has 490 valence electrons. The molecule has 0 bridgehead atoms. The van der Waals surface area contributed by atoms with Crippen molar-refractivity contribution in [3.05, 3.63) is 252 Å². The Morgan fingerprint density at radius 1 is 0.436 bits per heavy atom. The monoisotopic (exact) mass is 1480 g/mol. The fourth-order valence-corrected chi connectivity index (χ4v) is 8.59. The molecule has 0 saturated carbocycles. The van der Waals surface area contributed by atoms with Gasteiger partial charge in [0, 0.05) is 85.5 Å². The summed E-state index contributed by atoms with van der Waals surface area (Å²) in [5.74, 6) is 0.215. The minimum Gasteiger partial charge on any atom is -0.471 e. The maximum Gasteiger partial charge on any atom is 0.270 e. The number of aliphatic hydroxyl groups excluding tert-OH is 1. The van der Waals surface area contributed by atoms with Crippen LogP contribution in [0.4, 0.5) is 28.4 Å². The Hall–Kier alpha value is -8.60. The average molecular weight is 1480 g/mol. The molecular formula is C58H50Cl9N16O10P. The number of nitro groups is 3. The maximum absolute atomic E-state index is 11.3. The van der Waals surface area contributed by atoms with E-state index in [0.717, 1.165) is 61.5 Å². The number of nitrogens with one attached hydrogen (secondary N) is 2. The first-order valence-electron chi connectivity index (χ1n) is 26.3. The van der Waals surface area contributed by atoms with E-state index >= 15 is 0 Å². The molecule has 0 aliphatic carbocycles. The van der Waals surface area contributed by atoms with Crippen molar-refractivity contribution in [1.29, 1.82) is 0 Å². The number of aromatic nitrogens is 10. The van der Waals surface area contributed by atoms with E-state index in [0.29, 0.717) is 32.4 Å². The van der Waals surface area contributed by atoms with Crippen LogP contribution in [0.25, 0.3) is 53.9 Å². The van der Waals surface area contributed by atoms with Crippen molar-refractivity contribution in [1.82, 2.24) is 51.0 Å². The molecule has 0 atom stereocenters. The molecule has 0 amide bonds. The van der Waals surface area contributed by atoms with Crippen LogP contribution in [-0.4, -0.2) is 77.9 Å². The number of ether oxygens (including phenoxy) is 1. The van der Waals surface area contributed by atoms with Crippen molar-refractivity contribution >= 4 is 188 Å². The summed E-state index contributed by atoms with van der Waals surface area (Å²) in [6.45, 7) is 6.19. The topological polar surface area (TPSA) is 406 Å². The minimum atomic E-state index is -3.69. The number of fused-ring (bicyclic) bond motifs is 5. The molecule has 36 heteroatoms. The van der Waals surface area contributed by atoms with Gasteiger partial charge in [-0.1, -0.05) is 113 Å². The second kappa shape index (κ2) is 35.1. The third-order valence-electron chi connectivity index (χ3n) is 12.1. The van der Waals surface area contributed by atoms with Crippen molar-refractivity contribution in [3.8, 4) is 5.88 Å². The Labute approximate surface area is 575 Å². The number of hydrogen-bond acceptors (Lipinski definition) is 21. The van der Waals surface area contributed by atoms with Gasteiger partial charge in [0.15, 0.2) is 20.6 Å². The van der Waals surface area contributed by atoms with Crippen LogP contribution in [0, 0.1) is 51.1 Å². The summed E-state index contributed by atoms with van der Waals surface area (Å²) in [6.07, 6.45) is 0.